The molecule has 0 aliphatic carbocycles. The van der Waals surface area contributed by atoms with Gasteiger partial charge in [0.2, 0.25) is 0 Å². The summed E-state index contributed by atoms with van der Waals surface area (Å²) in [7, 11) is 0. The van der Waals surface area contributed by atoms with Crippen LogP contribution in [0.2, 0.25) is 0 Å². The van der Waals surface area contributed by atoms with Crippen LogP contribution in [0.1, 0.15) is 10.6 Å². The van der Waals surface area contributed by atoms with Crippen molar-refractivity contribution < 1.29 is 9.84 Å². The van der Waals surface area contributed by atoms with Gasteiger partial charge in [-0.15, -0.1) is 11.3 Å². The van der Waals surface area contributed by atoms with Crippen LogP contribution in [0.3, 0.4) is 0 Å². The lowest BCUT2D eigenvalue weighted by Crippen LogP contribution is -2.29. The highest BCUT2D eigenvalue weighted by molar-refractivity contribution is 7.12. The number of thiophene rings is 1. The lowest BCUT2D eigenvalue weighted by molar-refractivity contribution is 0.0207. The molecule has 0 saturated carbocycles. The third-order valence-corrected chi connectivity index (χ3v) is 4.87. The highest BCUT2D eigenvalue weighted by Gasteiger charge is 2.13. The molecule has 116 valence electrons. The number of hydrogen-bond acceptors (Lipinski definition) is 7. The van der Waals surface area contributed by atoms with E-state index in [9.17, 15) is 9.90 Å². The van der Waals surface area contributed by atoms with Crippen molar-refractivity contribution >= 4 is 33.1 Å². The molecule has 3 aromatic heterocycles. The highest BCUT2D eigenvalue weighted by atomic mass is 32.1. The largest absolute Gasteiger partial charge is 0.389 e. The lowest BCUT2D eigenvalue weighted by Gasteiger charge is -2.12. The van der Waals surface area contributed by atoms with E-state index in [1.54, 1.807) is 18.3 Å². The van der Waals surface area contributed by atoms with Crippen molar-refractivity contribution in [2.24, 2.45) is 0 Å². The molecule has 6 nitrogen and oxygen atoms in total. The molecule has 0 aliphatic rings. The van der Waals surface area contributed by atoms with Crippen LogP contribution in [0, 0.1) is 6.92 Å². The van der Waals surface area contributed by atoms with Crippen molar-refractivity contribution in [3.05, 3.63) is 44.8 Å². The highest BCUT2D eigenvalue weighted by Crippen LogP contribution is 2.15. The summed E-state index contributed by atoms with van der Waals surface area (Å²) in [5, 5.41) is 12.5. The number of aliphatic hydroxyl groups excluding tert-OH is 1. The van der Waals surface area contributed by atoms with Crippen LogP contribution in [0.5, 0.6) is 0 Å². The zero-order chi connectivity index (χ0) is 15.5. The standard InChI is InChI=1S/C14H15N3O3S2/c1-9-12-13(22-16-9)15-8-17(14(12)19)5-10(18)6-20-7-11-3-2-4-21-11/h2-4,8,10,18H,5-7H2,1H3. The number of ether oxygens (including phenoxy) is 1. The topological polar surface area (TPSA) is 77.2 Å². The predicted molar refractivity (Wildman–Crippen MR) is 86.4 cm³/mol. The Morgan fingerprint density at radius 3 is 3.14 bits per heavy atom. The molecule has 0 radical (unpaired) electrons. The third kappa shape index (κ3) is 3.25. The Labute approximate surface area is 134 Å². The van der Waals surface area contributed by atoms with Gasteiger partial charge in [0.1, 0.15) is 0 Å². The van der Waals surface area contributed by atoms with Crippen molar-refractivity contribution in [3.8, 4) is 0 Å². The van der Waals surface area contributed by atoms with Crippen molar-refractivity contribution in [3.63, 3.8) is 0 Å². The molecule has 0 amide bonds. The van der Waals surface area contributed by atoms with Crippen LogP contribution < -0.4 is 5.56 Å². The second-order valence-corrected chi connectivity index (χ2v) is 6.68. The summed E-state index contributed by atoms with van der Waals surface area (Å²) in [4.78, 5) is 18.3. The van der Waals surface area contributed by atoms with Crippen LogP contribution in [0.15, 0.2) is 28.6 Å². The van der Waals surface area contributed by atoms with Gasteiger partial charge in [0, 0.05) is 4.88 Å². The van der Waals surface area contributed by atoms with Gasteiger partial charge in [-0.1, -0.05) is 6.07 Å². The average Bonchev–Trinajstić information content (AvgIpc) is 3.12. The molecular formula is C14H15N3O3S2. The maximum absolute atomic E-state index is 12.3. The fourth-order valence-electron chi connectivity index (χ4n) is 2.11. The molecule has 0 fully saturated rings. The first-order chi connectivity index (χ1) is 10.6. The summed E-state index contributed by atoms with van der Waals surface area (Å²) in [6.07, 6.45) is 0.689. The molecule has 8 heteroatoms. The second kappa shape index (κ2) is 6.66. The summed E-state index contributed by atoms with van der Waals surface area (Å²) < 4.78 is 11.0. The number of hydrogen-bond donors (Lipinski definition) is 1. The Morgan fingerprint density at radius 1 is 1.50 bits per heavy atom. The fraction of sp³-hybridized carbons (Fsp3) is 0.357. The fourth-order valence-corrected chi connectivity index (χ4v) is 3.49. The van der Waals surface area contributed by atoms with E-state index in [0.29, 0.717) is 22.5 Å². The van der Waals surface area contributed by atoms with Crippen LogP contribution in [-0.4, -0.2) is 31.7 Å². The molecule has 3 rings (SSSR count). The van der Waals surface area contributed by atoms with Gasteiger partial charge in [-0.05, 0) is 29.9 Å². The van der Waals surface area contributed by atoms with Crippen LogP contribution in [0.4, 0.5) is 0 Å². The maximum Gasteiger partial charge on any atom is 0.264 e. The predicted octanol–water partition coefficient (Wildman–Crippen LogP) is 1.80. The minimum Gasteiger partial charge on any atom is -0.389 e. The van der Waals surface area contributed by atoms with Crippen molar-refractivity contribution in [2.45, 2.75) is 26.2 Å². The molecule has 1 unspecified atom stereocenters. The second-order valence-electron chi connectivity index (χ2n) is 4.90. The normalized spacial score (nSPS) is 12.8. The van der Waals surface area contributed by atoms with Gasteiger partial charge < -0.3 is 9.84 Å². The molecule has 1 atom stereocenters. The zero-order valence-electron chi connectivity index (χ0n) is 11.9. The monoisotopic (exact) mass is 337 g/mol. The summed E-state index contributed by atoms with van der Waals surface area (Å²) in [6.45, 7) is 2.58. The SMILES string of the molecule is Cc1nsc2ncn(CC(O)COCc3cccs3)c(=O)c12. The lowest BCUT2D eigenvalue weighted by atomic mass is 10.3. The van der Waals surface area contributed by atoms with E-state index in [2.05, 4.69) is 9.36 Å². The molecule has 0 aliphatic heterocycles. The summed E-state index contributed by atoms with van der Waals surface area (Å²) in [5.41, 5.74) is 0.504. The molecule has 3 heterocycles. The van der Waals surface area contributed by atoms with Crippen LogP contribution >= 0.6 is 22.9 Å². The molecule has 0 bridgehead atoms. The summed E-state index contributed by atoms with van der Waals surface area (Å²) >= 11 is 2.81. The first-order valence-electron chi connectivity index (χ1n) is 6.75. The minimum absolute atomic E-state index is 0.154. The van der Waals surface area contributed by atoms with E-state index < -0.39 is 6.10 Å². The number of nitrogens with zero attached hydrogens (tertiary/aromatic N) is 3. The number of fused-ring (bicyclic) bond motifs is 1. The maximum atomic E-state index is 12.3. The Balaban J connectivity index is 1.63. The Hall–Kier alpha value is -1.61. The molecule has 0 aromatic carbocycles. The van der Waals surface area contributed by atoms with E-state index in [0.717, 1.165) is 4.88 Å². The van der Waals surface area contributed by atoms with Crippen molar-refractivity contribution in [1.82, 2.24) is 13.9 Å². The van der Waals surface area contributed by atoms with Gasteiger partial charge in [0.15, 0.2) is 4.83 Å². The number of aromatic nitrogens is 3. The molecule has 3 aromatic rings. The number of aliphatic hydroxyl groups is 1. The zero-order valence-corrected chi connectivity index (χ0v) is 13.6. The van der Waals surface area contributed by atoms with E-state index >= 15 is 0 Å². The van der Waals surface area contributed by atoms with Crippen LogP contribution in [0.25, 0.3) is 10.2 Å². The average molecular weight is 337 g/mol. The van der Waals surface area contributed by atoms with E-state index in [-0.39, 0.29) is 18.7 Å². The van der Waals surface area contributed by atoms with Gasteiger partial charge >= 0.3 is 0 Å². The van der Waals surface area contributed by atoms with E-state index in [4.69, 9.17) is 4.74 Å². The number of aryl methyl sites for hydroxylation is 1. The van der Waals surface area contributed by atoms with Crippen molar-refractivity contribution in [1.29, 1.82) is 0 Å². The Morgan fingerprint density at radius 2 is 2.36 bits per heavy atom. The molecule has 22 heavy (non-hydrogen) atoms. The van der Waals surface area contributed by atoms with Crippen molar-refractivity contribution in [2.75, 3.05) is 6.61 Å². The summed E-state index contributed by atoms with van der Waals surface area (Å²) in [6, 6.07) is 3.93. The first-order valence-corrected chi connectivity index (χ1v) is 8.40. The quantitative estimate of drug-likeness (QED) is 0.742. The molecule has 0 saturated heterocycles. The minimum atomic E-state index is -0.760. The Kier molecular flexibility index (Phi) is 4.63. The summed E-state index contributed by atoms with van der Waals surface area (Å²) in [5.74, 6) is 0. The van der Waals surface area contributed by atoms with Gasteiger partial charge in [0.25, 0.3) is 5.56 Å². The Bertz CT molecular complexity index is 810. The number of rotatable bonds is 6. The van der Waals surface area contributed by atoms with Gasteiger partial charge in [-0.25, -0.2) is 4.98 Å². The van der Waals surface area contributed by atoms with Gasteiger partial charge in [-0.3, -0.25) is 9.36 Å². The molecular weight excluding hydrogens is 322 g/mol. The smallest absolute Gasteiger partial charge is 0.264 e. The molecule has 0 spiro atoms. The molecule has 1 N–H and O–H groups in total. The third-order valence-electron chi connectivity index (χ3n) is 3.18. The first kappa shape index (κ1) is 15.3. The van der Waals surface area contributed by atoms with E-state index in [1.165, 1.54) is 22.4 Å². The van der Waals surface area contributed by atoms with Crippen LogP contribution in [-0.2, 0) is 17.9 Å². The van der Waals surface area contributed by atoms with Gasteiger partial charge in [-0.2, -0.15) is 4.37 Å². The van der Waals surface area contributed by atoms with Gasteiger partial charge in [0.05, 0.1) is 43.3 Å². The van der Waals surface area contributed by atoms with E-state index in [1.807, 2.05) is 17.5 Å².